The number of pyridine rings is 1. The monoisotopic (exact) mass is 365 g/mol. The zero-order valence-corrected chi connectivity index (χ0v) is 14.6. The minimum atomic E-state index is -3.28. The van der Waals surface area contributed by atoms with Crippen molar-refractivity contribution >= 4 is 33.2 Å². The molecule has 126 valence electrons. The van der Waals surface area contributed by atoms with Crippen molar-refractivity contribution < 1.29 is 13.2 Å². The number of carbonyl (C=O) groups excluding carboxylic acids is 1. The van der Waals surface area contributed by atoms with Gasteiger partial charge in [0.25, 0.3) is 5.91 Å². The number of carbonyl (C=O) groups is 1. The molecule has 0 saturated carbocycles. The number of hydrogen-bond acceptors (Lipinski definition) is 4. The third-order valence-corrected chi connectivity index (χ3v) is 5.42. The number of rotatable bonds is 5. The molecule has 0 saturated heterocycles. The number of aromatic nitrogens is 1. The second kappa shape index (κ2) is 6.51. The molecule has 0 atom stereocenters. The topological polar surface area (TPSA) is 79.4 Å². The molecule has 1 aliphatic heterocycles. The van der Waals surface area contributed by atoms with Crippen LogP contribution >= 0.6 is 11.6 Å². The SMILES string of the molecule is CCS(=O)(=O)NCc1cncc(N2Cc3cc(Cl)ccc3C2=O)c1. The lowest BCUT2D eigenvalue weighted by Gasteiger charge is -2.16. The van der Waals surface area contributed by atoms with Gasteiger partial charge in [-0.25, -0.2) is 13.1 Å². The fraction of sp³-hybridized carbons (Fsp3) is 0.250. The molecule has 0 bridgehead atoms. The number of hydrogen-bond donors (Lipinski definition) is 1. The quantitative estimate of drug-likeness (QED) is 0.882. The van der Waals surface area contributed by atoms with Crippen LogP contribution in [0.5, 0.6) is 0 Å². The summed E-state index contributed by atoms with van der Waals surface area (Å²) >= 11 is 5.98. The highest BCUT2D eigenvalue weighted by atomic mass is 35.5. The van der Waals surface area contributed by atoms with E-state index < -0.39 is 10.0 Å². The number of fused-ring (bicyclic) bond motifs is 1. The molecule has 0 aliphatic carbocycles. The normalized spacial score (nSPS) is 14.1. The van der Waals surface area contributed by atoms with Gasteiger partial charge < -0.3 is 4.90 Å². The van der Waals surface area contributed by atoms with Crippen molar-refractivity contribution in [2.75, 3.05) is 10.7 Å². The molecule has 0 radical (unpaired) electrons. The number of anilines is 1. The molecule has 1 amide bonds. The van der Waals surface area contributed by atoms with Crippen LogP contribution in [0.1, 0.15) is 28.4 Å². The van der Waals surface area contributed by atoms with Crippen molar-refractivity contribution in [2.45, 2.75) is 20.0 Å². The third-order valence-electron chi connectivity index (χ3n) is 3.84. The molecule has 8 heteroatoms. The summed E-state index contributed by atoms with van der Waals surface area (Å²) in [5, 5.41) is 0.587. The predicted octanol–water partition coefficient (Wildman–Crippen LogP) is 2.33. The van der Waals surface area contributed by atoms with Crippen LogP contribution in [0, 0.1) is 0 Å². The van der Waals surface area contributed by atoms with Gasteiger partial charge in [-0.3, -0.25) is 9.78 Å². The Balaban J connectivity index is 1.82. The minimum absolute atomic E-state index is 0.0147. The first-order chi connectivity index (χ1) is 11.4. The van der Waals surface area contributed by atoms with E-state index in [1.54, 1.807) is 48.5 Å². The van der Waals surface area contributed by atoms with Crippen molar-refractivity contribution in [2.24, 2.45) is 0 Å². The summed E-state index contributed by atoms with van der Waals surface area (Å²) in [5.41, 5.74) is 2.80. The molecule has 24 heavy (non-hydrogen) atoms. The Hall–Kier alpha value is -1.96. The van der Waals surface area contributed by atoms with Crippen molar-refractivity contribution in [1.82, 2.24) is 9.71 Å². The summed E-state index contributed by atoms with van der Waals surface area (Å²) in [6, 6.07) is 6.95. The van der Waals surface area contributed by atoms with E-state index in [2.05, 4.69) is 9.71 Å². The Morgan fingerprint density at radius 1 is 1.29 bits per heavy atom. The lowest BCUT2D eigenvalue weighted by atomic mass is 10.1. The maximum atomic E-state index is 12.5. The lowest BCUT2D eigenvalue weighted by Crippen LogP contribution is -2.26. The number of halogens is 1. The van der Waals surface area contributed by atoms with E-state index in [-0.39, 0.29) is 18.2 Å². The minimum Gasteiger partial charge on any atom is -0.302 e. The average molecular weight is 366 g/mol. The van der Waals surface area contributed by atoms with Gasteiger partial charge in [-0.05, 0) is 42.3 Å². The molecular weight excluding hydrogens is 350 g/mol. The Kier molecular flexibility index (Phi) is 4.58. The average Bonchev–Trinajstić information content (AvgIpc) is 2.89. The number of nitrogens with zero attached hydrogens (tertiary/aromatic N) is 2. The Labute approximate surface area is 145 Å². The van der Waals surface area contributed by atoms with E-state index in [1.807, 2.05) is 0 Å². The van der Waals surface area contributed by atoms with E-state index in [0.717, 1.165) is 5.56 Å². The van der Waals surface area contributed by atoms with Crippen LogP contribution in [-0.4, -0.2) is 25.1 Å². The Bertz CT molecular complexity index is 899. The van der Waals surface area contributed by atoms with Crippen molar-refractivity contribution in [3.8, 4) is 0 Å². The van der Waals surface area contributed by atoms with Gasteiger partial charge in [0.2, 0.25) is 10.0 Å². The first-order valence-electron chi connectivity index (χ1n) is 7.41. The van der Waals surface area contributed by atoms with Crippen molar-refractivity contribution in [3.63, 3.8) is 0 Å². The largest absolute Gasteiger partial charge is 0.302 e. The molecule has 6 nitrogen and oxygen atoms in total. The second-order valence-corrected chi connectivity index (χ2v) is 8.00. The van der Waals surface area contributed by atoms with Gasteiger partial charge in [-0.1, -0.05) is 11.6 Å². The van der Waals surface area contributed by atoms with Crippen LogP contribution < -0.4 is 9.62 Å². The van der Waals surface area contributed by atoms with Crippen molar-refractivity contribution in [3.05, 3.63) is 58.4 Å². The number of amides is 1. The summed E-state index contributed by atoms with van der Waals surface area (Å²) in [6.07, 6.45) is 3.16. The second-order valence-electron chi connectivity index (χ2n) is 5.47. The zero-order valence-electron chi connectivity index (χ0n) is 13.0. The van der Waals surface area contributed by atoms with Crippen LogP contribution in [0.15, 0.2) is 36.7 Å². The highest BCUT2D eigenvalue weighted by Crippen LogP contribution is 2.30. The molecule has 1 aromatic carbocycles. The number of sulfonamides is 1. The van der Waals surface area contributed by atoms with Crippen LogP contribution in [0.3, 0.4) is 0 Å². The summed E-state index contributed by atoms with van der Waals surface area (Å²) in [6.45, 7) is 2.13. The van der Waals surface area contributed by atoms with Gasteiger partial charge in [-0.2, -0.15) is 0 Å². The molecule has 2 heterocycles. The maximum Gasteiger partial charge on any atom is 0.258 e. The molecule has 2 aromatic rings. The molecule has 0 spiro atoms. The Morgan fingerprint density at radius 2 is 2.08 bits per heavy atom. The summed E-state index contributed by atoms with van der Waals surface area (Å²) in [7, 11) is -3.28. The van der Waals surface area contributed by atoms with E-state index >= 15 is 0 Å². The number of nitrogens with one attached hydrogen (secondary N) is 1. The lowest BCUT2D eigenvalue weighted by molar-refractivity contribution is 0.0996. The van der Waals surface area contributed by atoms with E-state index in [4.69, 9.17) is 11.6 Å². The van der Waals surface area contributed by atoms with Gasteiger partial charge in [0.1, 0.15) is 0 Å². The molecular formula is C16H16ClN3O3S. The van der Waals surface area contributed by atoms with Gasteiger partial charge in [0, 0.05) is 23.3 Å². The van der Waals surface area contributed by atoms with Crippen LogP contribution in [-0.2, 0) is 23.1 Å². The molecule has 1 aliphatic rings. The smallest absolute Gasteiger partial charge is 0.258 e. The summed E-state index contributed by atoms with van der Waals surface area (Å²) in [4.78, 5) is 18.2. The summed E-state index contributed by atoms with van der Waals surface area (Å²) < 4.78 is 25.6. The van der Waals surface area contributed by atoms with Crippen molar-refractivity contribution in [1.29, 1.82) is 0 Å². The fourth-order valence-electron chi connectivity index (χ4n) is 2.51. The van der Waals surface area contributed by atoms with Gasteiger partial charge >= 0.3 is 0 Å². The fourth-order valence-corrected chi connectivity index (χ4v) is 3.30. The molecule has 1 aromatic heterocycles. The van der Waals surface area contributed by atoms with Gasteiger partial charge in [0.05, 0.1) is 24.2 Å². The standard InChI is InChI=1S/C16H16ClN3O3S/c1-2-24(22,23)19-8-11-5-14(9-18-7-11)20-10-12-6-13(17)3-4-15(12)16(20)21/h3-7,9,19H,2,8,10H2,1H3. The molecule has 0 unspecified atom stereocenters. The first-order valence-corrected chi connectivity index (χ1v) is 9.44. The first kappa shape index (κ1) is 16.9. The molecule has 1 N–H and O–H groups in total. The maximum absolute atomic E-state index is 12.5. The van der Waals surface area contributed by atoms with E-state index in [1.165, 1.54) is 0 Å². The highest BCUT2D eigenvalue weighted by molar-refractivity contribution is 7.89. The Morgan fingerprint density at radius 3 is 2.83 bits per heavy atom. The van der Waals surface area contributed by atoms with Crippen LogP contribution in [0.4, 0.5) is 5.69 Å². The molecule has 0 fully saturated rings. The summed E-state index contributed by atoms with van der Waals surface area (Å²) in [5.74, 6) is -0.101. The zero-order chi connectivity index (χ0) is 17.3. The predicted molar refractivity (Wildman–Crippen MR) is 92.5 cm³/mol. The third kappa shape index (κ3) is 3.43. The number of benzene rings is 1. The van der Waals surface area contributed by atoms with E-state index in [0.29, 0.717) is 28.4 Å². The van der Waals surface area contributed by atoms with Crippen LogP contribution in [0.2, 0.25) is 5.02 Å². The van der Waals surface area contributed by atoms with Gasteiger partial charge in [-0.15, -0.1) is 0 Å². The molecule has 3 rings (SSSR count). The van der Waals surface area contributed by atoms with E-state index in [9.17, 15) is 13.2 Å². The van der Waals surface area contributed by atoms with Gasteiger partial charge in [0.15, 0.2) is 0 Å². The highest BCUT2D eigenvalue weighted by Gasteiger charge is 2.28. The van der Waals surface area contributed by atoms with Crippen LogP contribution in [0.25, 0.3) is 0 Å².